The van der Waals surface area contributed by atoms with Crippen molar-refractivity contribution in [3.8, 4) is 0 Å². The first-order valence-corrected chi connectivity index (χ1v) is 6.68. The van der Waals surface area contributed by atoms with E-state index in [2.05, 4.69) is 12.2 Å². The summed E-state index contributed by atoms with van der Waals surface area (Å²) < 4.78 is 0. The predicted octanol–water partition coefficient (Wildman–Crippen LogP) is 1.90. The summed E-state index contributed by atoms with van der Waals surface area (Å²) in [6.45, 7) is 8.29. The molecule has 1 amide bonds. The Morgan fingerprint density at radius 1 is 1.21 bits per heavy atom. The number of carboxylic acids is 1. The minimum Gasteiger partial charge on any atom is -0.480 e. The Bertz CT molecular complexity index is 275. The van der Waals surface area contributed by atoms with Gasteiger partial charge in [0.25, 0.3) is 0 Å². The zero-order chi connectivity index (χ0) is 14.1. The van der Waals surface area contributed by atoms with E-state index >= 15 is 0 Å². The first-order chi connectivity index (χ1) is 8.42. The van der Waals surface area contributed by atoms with Crippen LogP contribution in [0.1, 0.15) is 47.0 Å². The van der Waals surface area contributed by atoms with Crippen LogP contribution in [0.3, 0.4) is 0 Å². The van der Waals surface area contributed by atoms with Crippen LogP contribution in [0.15, 0.2) is 0 Å². The molecule has 19 heavy (non-hydrogen) atoms. The summed E-state index contributed by atoms with van der Waals surface area (Å²) in [4.78, 5) is 24.4. The van der Waals surface area contributed by atoms with E-state index in [0.717, 1.165) is 19.3 Å². The zero-order valence-electron chi connectivity index (χ0n) is 12.3. The molecule has 2 N–H and O–H groups in total. The Hall–Kier alpha value is -0.810. The Kier molecular flexibility index (Phi) is 11.9. The highest BCUT2D eigenvalue weighted by Gasteiger charge is 2.23. The lowest BCUT2D eigenvalue weighted by Crippen LogP contribution is -2.49. The molecule has 114 valence electrons. The highest BCUT2D eigenvalue weighted by molar-refractivity contribution is 5.85. The first-order valence-electron chi connectivity index (χ1n) is 6.68. The summed E-state index contributed by atoms with van der Waals surface area (Å²) in [5.74, 6) is -0.990. The van der Waals surface area contributed by atoms with Crippen LogP contribution >= 0.6 is 12.4 Å². The number of amides is 1. The topological polar surface area (TPSA) is 69.6 Å². The fourth-order valence-electron chi connectivity index (χ4n) is 1.91. The van der Waals surface area contributed by atoms with Crippen molar-refractivity contribution >= 4 is 24.3 Å². The van der Waals surface area contributed by atoms with Gasteiger partial charge >= 0.3 is 5.97 Å². The molecule has 0 spiro atoms. The van der Waals surface area contributed by atoms with Crippen molar-refractivity contribution in [3.05, 3.63) is 0 Å². The van der Waals surface area contributed by atoms with E-state index < -0.39 is 12.0 Å². The van der Waals surface area contributed by atoms with Crippen molar-refractivity contribution in [2.24, 2.45) is 0 Å². The second-order valence-corrected chi connectivity index (χ2v) is 4.74. The highest BCUT2D eigenvalue weighted by Crippen LogP contribution is 2.03. The number of nitrogens with one attached hydrogen (secondary N) is 1. The van der Waals surface area contributed by atoms with Gasteiger partial charge in [-0.2, -0.15) is 0 Å². The van der Waals surface area contributed by atoms with E-state index in [9.17, 15) is 9.59 Å². The van der Waals surface area contributed by atoms with Gasteiger partial charge in [0.05, 0.1) is 12.6 Å². The van der Waals surface area contributed by atoms with Gasteiger partial charge < -0.3 is 10.4 Å². The van der Waals surface area contributed by atoms with Gasteiger partial charge in [-0.15, -0.1) is 12.4 Å². The molecular weight excluding hydrogens is 268 g/mol. The van der Waals surface area contributed by atoms with Gasteiger partial charge in [0.1, 0.15) is 0 Å². The summed E-state index contributed by atoms with van der Waals surface area (Å²) in [6, 6.07) is -0.265. The lowest BCUT2D eigenvalue weighted by Gasteiger charge is -2.27. The van der Waals surface area contributed by atoms with Gasteiger partial charge in [0.2, 0.25) is 5.91 Å². The van der Waals surface area contributed by atoms with E-state index in [0.29, 0.717) is 6.54 Å². The van der Waals surface area contributed by atoms with Gasteiger partial charge in [-0.3, -0.25) is 14.5 Å². The predicted molar refractivity (Wildman–Crippen MR) is 78.7 cm³/mol. The largest absolute Gasteiger partial charge is 0.480 e. The number of carbonyl (C=O) groups is 2. The molecule has 0 aliphatic rings. The number of halogens is 1. The van der Waals surface area contributed by atoms with E-state index in [1.807, 2.05) is 13.8 Å². The fourth-order valence-corrected chi connectivity index (χ4v) is 1.91. The van der Waals surface area contributed by atoms with Crippen LogP contribution in [0.4, 0.5) is 0 Å². The maximum absolute atomic E-state index is 12.0. The Labute approximate surface area is 122 Å². The van der Waals surface area contributed by atoms with E-state index in [-0.39, 0.29) is 30.9 Å². The average molecular weight is 295 g/mol. The second-order valence-electron chi connectivity index (χ2n) is 4.74. The third kappa shape index (κ3) is 8.83. The number of hydrogen-bond donors (Lipinski definition) is 2. The van der Waals surface area contributed by atoms with Gasteiger partial charge in [0, 0.05) is 6.04 Å². The molecule has 0 aliphatic heterocycles. The minimum absolute atomic E-state index is 0. The van der Waals surface area contributed by atoms with Crippen LogP contribution < -0.4 is 5.32 Å². The van der Waals surface area contributed by atoms with Crippen LogP contribution in [0.5, 0.6) is 0 Å². The molecule has 0 fully saturated rings. The molecule has 2 atom stereocenters. The Balaban J connectivity index is 0. The summed E-state index contributed by atoms with van der Waals surface area (Å²) >= 11 is 0. The van der Waals surface area contributed by atoms with Crippen LogP contribution in [0.2, 0.25) is 0 Å². The van der Waals surface area contributed by atoms with Crippen molar-refractivity contribution in [2.75, 3.05) is 13.1 Å². The summed E-state index contributed by atoms with van der Waals surface area (Å²) in [7, 11) is 0. The number of rotatable bonds is 9. The molecule has 0 aromatic carbocycles. The molecule has 0 rings (SSSR count). The molecule has 0 bridgehead atoms. The van der Waals surface area contributed by atoms with Gasteiger partial charge in [-0.05, 0) is 33.2 Å². The molecule has 0 aliphatic carbocycles. The quantitative estimate of drug-likeness (QED) is 0.681. The molecule has 2 unspecified atom stereocenters. The number of nitrogens with zero attached hydrogens (tertiary/aromatic N) is 1. The normalized spacial score (nSPS) is 13.5. The molecular formula is C13H27ClN2O3. The van der Waals surface area contributed by atoms with E-state index in [1.54, 1.807) is 11.8 Å². The van der Waals surface area contributed by atoms with Crippen molar-refractivity contribution < 1.29 is 14.7 Å². The van der Waals surface area contributed by atoms with Crippen molar-refractivity contribution in [2.45, 2.75) is 59.0 Å². The highest BCUT2D eigenvalue weighted by atomic mass is 35.5. The van der Waals surface area contributed by atoms with Crippen molar-refractivity contribution in [1.29, 1.82) is 0 Å². The lowest BCUT2D eigenvalue weighted by atomic mass is 10.1. The third-order valence-electron chi connectivity index (χ3n) is 2.89. The van der Waals surface area contributed by atoms with Gasteiger partial charge in [-0.25, -0.2) is 0 Å². The fraction of sp³-hybridized carbons (Fsp3) is 0.846. The summed E-state index contributed by atoms with van der Waals surface area (Å²) in [6.07, 6.45) is 2.78. The molecule has 6 heteroatoms. The maximum Gasteiger partial charge on any atom is 0.317 e. The average Bonchev–Trinajstić information content (AvgIpc) is 2.27. The maximum atomic E-state index is 12.0. The smallest absolute Gasteiger partial charge is 0.317 e. The lowest BCUT2D eigenvalue weighted by molar-refractivity contribution is -0.139. The third-order valence-corrected chi connectivity index (χ3v) is 2.89. The molecule has 0 heterocycles. The monoisotopic (exact) mass is 294 g/mol. The molecule has 0 aromatic rings. The SMILES string of the molecule is CCCC(C)NC(=O)C(C)N(CCC)CC(=O)O.Cl. The van der Waals surface area contributed by atoms with Crippen LogP contribution in [0, 0.1) is 0 Å². The summed E-state index contributed by atoms with van der Waals surface area (Å²) in [5, 5.41) is 11.8. The molecule has 0 saturated heterocycles. The standard InChI is InChI=1S/C13H26N2O3.ClH/c1-5-7-10(3)14-13(18)11(4)15(8-6-2)9-12(16)17;/h10-11H,5-9H2,1-4H3,(H,14,18)(H,16,17);1H. The van der Waals surface area contributed by atoms with E-state index in [1.165, 1.54) is 0 Å². The van der Waals surface area contributed by atoms with Gasteiger partial charge in [-0.1, -0.05) is 20.3 Å². The first kappa shape index (κ1) is 20.5. The van der Waals surface area contributed by atoms with Crippen LogP contribution in [-0.2, 0) is 9.59 Å². The van der Waals surface area contributed by atoms with E-state index in [4.69, 9.17) is 5.11 Å². The number of carboxylic acid groups (broad SMARTS) is 1. The number of carbonyl (C=O) groups excluding carboxylic acids is 1. The van der Waals surface area contributed by atoms with Crippen LogP contribution in [-0.4, -0.2) is 47.1 Å². The Morgan fingerprint density at radius 3 is 2.21 bits per heavy atom. The number of aliphatic carboxylic acids is 1. The molecule has 0 saturated carbocycles. The Morgan fingerprint density at radius 2 is 1.79 bits per heavy atom. The summed E-state index contributed by atoms with van der Waals surface area (Å²) in [5.41, 5.74) is 0. The second kappa shape index (κ2) is 11.1. The zero-order valence-corrected chi connectivity index (χ0v) is 13.1. The number of hydrogen-bond acceptors (Lipinski definition) is 3. The molecule has 0 aromatic heterocycles. The van der Waals surface area contributed by atoms with Crippen LogP contribution in [0.25, 0.3) is 0 Å². The molecule has 0 radical (unpaired) electrons. The van der Waals surface area contributed by atoms with Gasteiger partial charge in [0.15, 0.2) is 0 Å². The van der Waals surface area contributed by atoms with Crippen molar-refractivity contribution in [3.63, 3.8) is 0 Å². The molecule has 5 nitrogen and oxygen atoms in total. The minimum atomic E-state index is -0.898. The van der Waals surface area contributed by atoms with Crippen molar-refractivity contribution in [1.82, 2.24) is 10.2 Å².